The number of rotatable bonds is 4. The van der Waals surface area contributed by atoms with Crippen molar-refractivity contribution in [1.82, 2.24) is 4.98 Å². The number of aromatic nitrogens is 1. The molecule has 0 radical (unpaired) electrons. The summed E-state index contributed by atoms with van der Waals surface area (Å²) in [4.78, 5) is 16.2. The smallest absolute Gasteiger partial charge is 0.168 e. The molecule has 0 aliphatic heterocycles. The second-order valence-corrected chi connectivity index (χ2v) is 4.28. The minimum absolute atomic E-state index is 0.130. The Morgan fingerprint density at radius 3 is 2.68 bits per heavy atom. The molecule has 4 heteroatoms. The average Bonchev–Trinajstić information content (AvgIpc) is 2.41. The molecule has 2 aromatic rings. The number of carbonyl (C=O) groups excluding carboxylic acids is 1. The highest BCUT2D eigenvalue weighted by atomic mass is 19.1. The molecule has 0 atom stereocenters. The quantitative estimate of drug-likeness (QED) is 0.792. The Bertz CT molecular complexity index is 594. The number of nitrogens with zero attached hydrogens (tertiary/aromatic N) is 1. The highest BCUT2D eigenvalue weighted by Crippen LogP contribution is 2.18. The van der Waals surface area contributed by atoms with Crippen molar-refractivity contribution >= 4 is 5.78 Å². The second kappa shape index (κ2) is 5.61. The van der Waals surface area contributed by atoms with Crippen molar-refractivity contribution in [2.75, 3.05) is 7.11 Å². The molecule has 0 unspecified atom stereocenters. The Kier molecular flexibility index (Phi) is 3.90. The lowest BCUT2D eigenvalue weighted by Crippen LogP contribution is -2.06. The standard InChI is InChI=1S/C15H14FNO2/c1-10-3-5-12(17-9-10)8-14(18)11-4-6-15(19-2)13(16)7-11/h3-7,9H,8H2,1-2H3. The molecule has 1 aromatic carbocycles. The van der Waals surface area contributed by atoms with Crippen molar-refractivity contribution in [1.29, 1.82) is 0 Å². The zero-order valence-electron chi connectivity index (χ0n) is 10.8. The van der Waals surface area contributed by atoms with Crippen LogP contribution in [0.4, 0.5) is 4.39 Å². The molecule has 98 valence electrons. The van der Waals surface area contributed by atoms with Crippen LogP contribution in [0.15, 0.2) is 36.5 Å². The van der Waals surface area contributed by atoms with Crippen molar-refractivity contribution < 1.29 is 13.9 Å². The number of hydrogen-bond donors (Lipinski definition) is 0. The lowest BCUT2D eigenvalue weighted by molar-refractivity contribution is 0.0991. The Morgan fingerprint density at radius 1 is 1.32 bits per heavy atom. The van der Waals surface area contributed by atoms with Gasteiger partial charge in [-0.05, 0) is 36.8 Å². The van der Waals surface area contributed by atoms with Crippen LogP contribution >= 0.6 is 0 Å². The van der Waals surface area contributed by atoms with Gasteiger partial charge in [-0.25, -0.2) is 4.39 Å². The molecular weight excluding hydrogens is 245 g/mol. The van der Waals surface area contributed by atoms with E-state index in [-0.39, 0.29) is 18.0 Å². The van der Waals surface area contributed by atoms with Crippen LogP contribution in [0.25, 0.3) is 0 Å². The highest BCUT2D eigenvalue weighted by Gasteiger charge is 2.11. The molecule has 1 heterocycles. The molecule has 0 amide bonds. The molecule has 0 fully saturated rings. The van der Waals surface area contributed by atoms with E-state index >= 15 is 0 Å². The van der Waals surface area contributed by atoms with Crippen LogP contribution in [0.2, 0.25) is 0 Å². The largest absolute Gasteiger partial charge is 0.494 e. The normalized spacial score (nSPS) is 10.3. The predicted octanol–water partition coefficient (Wildman–Crippen LogP) is 2.96. The molecule has 0 saturated heterocycles. The summed E-state index contributed by atoms with van der Waals surface area (Å²) in [6.07, 6.45) is 1.86. The van der Waals surface area contributed by atoms with E-state index in [4.69, 9.17) is 4.74 Å². The molecular formula is C15H14FNO2. The number of hydrogen-bond acceptors (Lipinski definition) is 3. The van der Waals surface area contributed by atoms with Gasteiger partial charge in [0.25, 0.3) is 0 Å². The van der Waals surface area contributed by atoms with Crippen molar-refractivity contribution in [3.05, 3.63) is 59.2 Å². The fraction of sp³-hybridized carbons (Fsp3) is 0.200. The molecule has 0 aliphatic rings. The van der Waals surface area contributed by atoms with Gasteiger partial charge in [-0.1, -0.05) is 6.07 Å². The monoisotopic (exact) mass is 259 g/mol. The number of halogens is 1. The van der Waals surface area contributed by atoms with Gasteiger partial charge >= 0.3 is 0 Å². The number of Topliss-reactive ketones (excluding diaryl/α,β-unsaturated/α-hetero) is 1. The number of aryl methyl sites for hydroxylation is 1. The first kappa shape index (κ1) is 13.2. The molecule has 3 nitrogen and oxygen atoms in total. The van der Waals surface area contributed by atoms with Gasteiger partial charge in [0.2, 0.25) is 0 Å². The Morgan fingerprint density at radius 2 is 2.11 bits per heavy atom. The SMILES string of the molecule is COc1ccc(C(=O)Cc2ccc(C)cn2)cc1F. The Labute approximate surface area is 111 Å². The van der Waals surface area contributed by atoms with Crippen LogP contribution in [0, 0.1) is 12.7 Å². The van der Waals surface area contributed by atoms with E-state index < -0.39 is 5.82 Å². The minimum Gasteiger partial charge on any atom is -0.494 e. The van der Waals surface area contributed by atoms with Gasteiger partial charge in [0.05, 0.1) is 13.5 Å². The molecule has 0 spiro atoms. The molecule has 0 saturated carbocycles. The molecule has 1 aromatic heterocycles. The number of carbonyl (C=O) groups is 1. The maximum Gasteiger partial charge on any atom is 0.168 e. The zero-order chi connectivity index (χ0) is 13.8. The third kappa shape index (κ3) is 3.16. The summed E-state index contributed by atoms with van der Waals surface area (Å²) < 4.78 is 18.3. The van der Waals surface area contributed by atoms with Gasteiger partial charge in [-0.15, -0.1) is 0 Å². The van der Waals surface area contributed by atoms with Crippen molar-refractivity contribution in [2.24, 2.45) is 0 Å². The summed E-state index contributed by atoms with van der Waals surface area (Å²) in [7, 11) is 1.39. The lowest BCUT2D eigenvalue weighted by atomic mass is 10.1. The van der Waals surface area contributed by atoms with Crippen molar-refractivity contribution in [2.45, 2.75) is 13.3 Å². The van der Waals surface area contributed by atoms with E-state index in [1.807, 2.05) is 13.0 Å². The third-order valence-corrected chi connectivity index (χ3v) is 2.79. The first-order valence-electron chi connectivity index (χ1n) is 5.88. The fourth-order valence-electron chi connectivity index (χ4n) is 1.71. The van der Waals surface area contributed by atoms with E-state index in [0.29, 0.717) is 11.3 Å². The lowest BCUT2D eigenvalue weighted by Gasteiger charge is -2.05. The Balaban J connectivity index is 2.16. The molecule has 0 bridgehead atoms. The summed E-state index contributed by atoms with van der Waals surface area (Å²) in [5.41, 5.74) is 2.03. The predicted molar refractivity (Wildman–Crippen MR) is 70.0 cm³/mol. The summed E-state index contributed by atoms with van der Waals surface area (Å²) in [5, 5.41) is 0. The van der Waals surface area contributed by atoms with Gasteiger partial charge in [-0.2, -0.15) is 0 Å². The van der Waals surface area contributed by atoms with Crippen LogP contribution in [0.3, 0.4) is 0 Å². The van der Waals surface area contributed by atoms with E-state index in [1.54, 1.807) is 18.3 Å². The second-order valence-electron chi connectivity index (χ2n) is 4.28. The van der Waals surface area contributed by atoms with Gasteiger partial charge in [0.15, 0.2) is 17.3 Å². The van der Waals surface area contributed by atoms with Crippen LogP contribution in [-0.4, -0.2) is 17.9 Å². The van der Waals surface area contributed by atoms with Crippen LogP contribution < -0.4 is 4.74 Å². The zero-order valence-corrected chi connectivity index (χ0v) is 10.8. The molecule has 0 N–H and O–H groups in total. The van der Waals surface area contributed by atoms with E-state index in [9.17, 15) is 9.18 Å². The van der Waals surface area contributed by atoms with Crippen molar-refractivity contribution in [3.8, 4) is 5.75 Å². The number of ether oxygens (including phenoxy) is 1. The van der Waals surface area contributed by atoms with E-state index in [1.165, 1.54) is 19.2 Å². The van der Waals surface area contributed by atoms with Crippen LogP contribution in [-0.2, 0) is 6.42 Å². The van der Waals surface area contributed by atoms with Gasteiger partial charge in [0, 0.05) is 17.5 Å². The van der Waals surface area contributed by atoms with E-state index in [0.717, 1.165) is 5.56 Å². The summed E-state index contributed by atoms with van der Waals surface area (Å²) in [5.74, 6) is -0.576. The fourth-order valence-corrected chi connectivity index (χ4v) is 1.71. The first-order chi connectivity index (χ1) is 9.10. The number of pyridine rings is 1. The number of methoxy groups -OCH3 is 1. The topological polar surface area (TPSA) is 39.2 Å². The van der Waals surface area contributed by atoms with Crippen LogP contribution in [0.1, 0.15) is 21.6 Å². The average molecular weight is 259 g/mol. The van der Waals surface area contributed by atoms with Gasteiger partial charge < -0.3 is 4.74 Å². The summed E-state index contributed by atoms with van der Waals surface area (Å²) >= 11 is 0. The first-order valence-corrected chi connectivity index (χ1v) is 5.88. The summed E-state index contributed by atoms with van der Waals surface area (Å²) in [6.45, 7) is 1.93. The van der Waals surface area contributed by atoms with E-state index in [2.05, 4.69) is 4.98 Å². The number of ketones is 1. The number of benzene rings is 1. The minimum atomic E-state index is -0.537. The van der Waals surface area contributed by atoms with Crippen molar-refractivity contribution in [3.63, 3.8) is 0 Å². The summed E-state index contributed by atoms with van der Waals surface area (Å²) in [6, 6.07) is 7.89. The van der Waals surface area contributed by atoms with Crippen LogP contribution in [0.5, 0.6) is 5.75 Å². The highest BCUT2D eigenvalue weighted by molar-refractivity contribution is 5.97. The molecule has 2 rings (SSSR count). The molecule has 0 aliphatic carbocycles. The maximum absolute atomic E-state index is 13.5. The molecule has 19 heavy (non-hydrogen) atoms. The third-order valence-electron chi connectivity index (χ3n) is 2.79. The Hall–Kier alpha value is -2.23. The maximum atomic E-state index is 13.5. The van der Waals surface area contributed by atoms with Gasteiger partial charge in [0.1, 0.15) is 0 Å². The van der Waals surface area contributed by atoms with Gasteiger partial charge in [-0.3, -0.25) is 9.78 Å².